The zero-order valence-corrected chi connectivity index (χ0v) is 15.8. The lowest BCUT2D eigenvalue weighted by Crippen LogP contribution is -2.20. The smallest absolute Gasteiger partial charge is 0.151 e. The second kappa shape index (κ2) is 10.1. The maximum atomic E-state index is 4.65. The third kappa shape index (κ3) is 5.81. The van der Waals surface area contributed by atoms with Gasteiger partial charge in [0.1, 0.15) is 0 Å². The summed E-state index contributed by atoms with van der Waals surface area (Å²) in [7, 11) is 1.92. The van der Waals surface area contributed by atoms with Gasteiger partial charge in [-0.05, 0) is 38.0 Å². The molecule has 26 heavy (non-hydrogen) atoms. The van der Waals surface area contributed by atoms with Gasteiger partial charge in [0.05, 0.1) is 11.9 Å². The van der Waals surface area contributed by atoms with E-state index in [1.165, 1.54) is 0 Å². The van der Waals surface area contributed by atoms with Crippen LogP contribution in [0.25, 0.3) is 5.57 Å². The number of anilines is 1. The van der Waals surface area contributed by atoms with Crippen molar-refractivity contribution in [3.63, 3.8) is 0 Å². The normalized spacial score (nSPS) is 13.5. The van der Waals surface area contributed by atoms with Gasteiger partial charge in [-0.2, -0.15) is 5.10 Å². The molecule has 2 rings (SSSR count). The number of aromatic nitrogens is 3. The first-order chi connectivity index (χ1) is 12.6. The predicted molar refractivity (Wildman–Crippen MR) is 109 cm³/mol. The van der Waals surface area contributed by atoms with E-state index in [0.29, 0.717) is 5.84 Å². The number of aliphatic imine (C=N–C) groups is 2. The third-order valence-electron chi connectivity index (χ3n) is 3.65. The lowest BCUT2D eigenvalue weighted by molar-refractivity contribution is 0.767. The minimum Gasteiger partial charge on any atom is -0.339 e. The van der Waals surface area contributed by atoms with E-state index in [2.05, 4.69) is 32.3 Å². The van der Waals surface area contributed by atoms with Gasteiger partial charge in [0.15, 0.2) is 5.84 Å². The zero-order valence-electron chi connectivity index (χ0n) is 15.8. The standard InChI is InChI=1S/C20H26N6/c1-5-7-17(18-14-24-26(4)15-18)13-23-16(3)20(22-10-6-2)25-19-8-11-21-12-9-19/h6,8-15H,5,7H2,1-4H3,(H,21,22,25)/b10-6-,17-13+,23-16?. The topological polar surface area (TPSA) is 67.5 Å². The highest BCUT2D eigenvalue weighted by molar-refractivity contribution is 6.45. The summed E-state index contributed by atoms with van der Waals surface area (Å²) in [5, 5.41) is 7.55. The molecule has 136 valence electrons. The number of hydrogen-bond acceptors (Lipinski definition) is 4. The molecule has 0 saturated carbocycles. The van der Waals surface area contributed by atoms with Gasteiger partial charge in [0.25, 0.3) is 0 Å². The molecule has 0 aliphatic rings. The van der Waals surface area contributed by atoms with Crippen molar-refractivity contribution in [2.75, 3.05) is 5.32 Å². The van der Waals surface area contributed by atoms with Gasteiger partial charge >= 0.3 is 0 Å². The molecule has 0 fully saturated rings. The molecule has 2 aromatic heterocycles. The molecule has 0 atom stereocenters. The van der Waals surface area contributed by atoms with Gasteiger partial charge in [-0.1, -0.05) is 19.4 Å². The van der Waals surface area contributed by atoms with E-state index in [9.17, 15) is 0 Å². The van der Waals surface area contributed by atoms with E-state index < -0.39 is 0 Å². The summed E-state index contributed by atoms with van der Waals surface area (Å²) in [4.78, 5) is 13.2. The summed E-state index contributed by atoms with van der Waals surface area (Å²) < 4.78 is 1.80. The van der Waals surface area contributed by atoms with Crippen molar-refractivity contribution in [3.8, 4) is 0 Å². The monoisotopic (exact) mass is 350 g/mol. The Morgan fingerprint density at radius 1 is 1.27 bits per heavy atom. The average Bonchev–Trinajstić information content (AvgIpc) is 3.09. The molecule has 0 spiro atoms. The summed E-state index contributed by atoms with van der Waals surface area (Å²) in [5.41, 5.74) is 3.98. The molecular formula is C20H26N6. The van der Waals surface area contributed by atoms with E-state index in [0.717, 1.165) is 35.4 Å². The van der Waals surface area contributed by atoms with Crippen LogP contribution in [0.5, 0.6) is 0 Å². The molecule has 1 N–H and O–H groups in total. The van der Waals surface area contributed by atoms with Crippen LogP contribution >= 0.6 is 0 Å². The largest absolute Gasteiger partial charge is 0.339 e. The maximum absolute atomic E-state index is 4.65. The van der Waals surface area contributed by atoms with E-state index in [1.54, 1.807) is 23.3 Å². The Kier molecular flexibility index (Phi) is 7.49. The Morgan fingerprint density at radius 3 is 2.65 bits per heavy atom. The van der Waals surface area contributed by atoms with Gasteiger partial charge in [-0.15, -0.1) is 0 Å². The number of nitrogens with zero attached hydrogens (tertiary/aromatic N) is 5. The van der Waals surface area contributed by atoms with Crippen LogP contribution in [0.2, 0.25) is 0 Å². The van der Waals surface area contributed by atoms with Crippen LogP contribution in [0.3, 0.4) is 0 Å². The molecule has 2 heterocycles. The molecule has 0 aliphatic heterocycles. The minimum atomic E-state index is 0.701. The molecule has 0 aromatic carbocycles. The first-order valence-electron chi connectivity index (χ1n) is 8.73. The third-order valence-corrected chi connectivity index (χ3v) is 3.65. The summed E-state index contributed by atoms with van der Waals surface area (Å²) in [6.07, 6.45) is 14.9. The fourth-order valence-electron chi connectivity index (χ4n) is 2.31. The molecule has 0 bridgehead atoms. The highest BCUT2D eigenvalue weighted by Crippen LogP contribution is 2.19. The fourth-order valence-corrected chi connectivity index (χ4v) is 2.31. The second-order valence-corrected chi connectivity index (χ2v) is 5.84. The van der Waals surface area contributed by atoms with Gasteiger partial charge in [0.2, 0.25) is 0 Å². The van der Waals surface area contributed by atoms with Crippen LogP contribution in [-0.2, 0) is 7.05 Å². The minimum absolute atomic E-state index is 0.701. The molecule has 0 radical (unpaired) electrons. The zero-order chi connectivity index (χ0) is 18.8. The lowest BCUT2D eigenvalue weighted by Gasteiger charge is -2.09. The SMILES string of the molecule is C/C=C\N=C(Nc1ccncc1)C(C)=N/C=C(\CCC)c1cnn(C)c1. The predicted octanol–water partition coefficient (Wildman–Crippen LogP) is 4.46. The van der Waals surface area contributed by atoms with Gasteiger partial charge < -0.3 is 5.32 Å². The van der Waals surface area contributed by atoms with Crippen molar-refractivity contribution < 1.29 is 0 Å². The number of nitrogens with one attached hydrogen (secondary N) is 1. The van der Waals surface area contributed by atoms with E-state index >= 15 is 0 Å². The quantitative estimate of drug-likeness (QED) is 0.592. The molecule has 0 saturated heterocycles. The van der Waals surface area contributed by atoms with Gasteiger partial charge in [-0.3, -0.25) is 14.7 Å². The Bertz CT molecular complexity index is 812. The van der Waals surface area contributed by atoms with E-state index in [4.69, 9.17) is 0 Å². The maximum Gasteiger partial charge on any atom is 0.151 e. The fraction of sp³-hybridized carbons (Fsp3) is 0.300. The van der Waals surface area contributed by atoms with Crippen LogP contribution in [0.15, 0.2) is 65.4 Å². The van der Waals surface area contributed by atoms with Crippen molar-refractivity contribution in [1.82, 2.24) is 14.8 Å². The number of pyridine rings is 1. The van der Waals surface area contributed by atoms with Crippen molar-refractivity contribution in [3.05, 3.63) is 61.0 Å². The first kappa shape index (κ1) is 19.3. The summed E-state index contributed by atoms with van der Waals surface area (Å²) >= 11 is 0. The van der Waals surface area contributed by atoms with Crippen molar-refractivity contribution in [2.24, 2.45) is 17.0 Å². The Hall–Kier alpha value is -3.02. The number of aryl methyl sites for hydroxylation is 1. The summed E-state index contributed by atoms with van der Waals surface area (Å²) in [5.74, 6) is 0.701. The molecule has 0 aliphatic carbocycles. The highest BCUT2D eigenvalue weighted by atomic mass is 15.2. The molecule has 2 aromatic rings. The Balaban J connectivity index is 2.28. The molecule has 0 amide bonds. The van der Waals surface area contributed by atoms with Crippen LogP contribution in [-0.4, -0.2) is 26.3 Å². The molecule has 6 nitrogen and oxygen atoms in total. The molecular weight excluding hydrogens is 324 g/mol. The Labute approximate surface area is 155 Å². The van der Waals surface area contributed by atoms with Crippen LogP contribution < -0.4 is 5.32 Å². The second-order valence-electron chi connectivity index (χ2n) is 5.84. The van der Waals surface area contributed by atoms with Crippen LogP contribution in [0.1, 0.15) is 39.2 Å². The van der Waals surface area contributed by atoms with E-state index in [-0.39, 0.29) is 0 Å². The number of allylic oxidation sites excluding steroid dienone is 2. The van der Waals surface area contributed by atoms with Crippen molar-refractivity contribution in [1.29, 1.82) is 0 Å². The average molecular weight is 350 g/mol. The lowest BCUT2D eigenvalue weighted by atomic mass is 10.1. The van der Waals surface area contributed by atoms with Crippen molar-refractivity contribution >= 4 is 22.8 Å². The number of rotatable bonds is 7. The van der Waals surface area contributed by atoms with Crippen LogP contribution in [0, 0.1) is 0 Å². The summed E-state index contributed by atoms with van der Waals surface area (Å²) in [6, 6.07) is 3.79. The van der Waals surface area contributed by atoms with E-state index in [1.807, 2.05) is 57.7 Å². The molecule has 6 heteroatoms. The molecule has 0 unspecified atom stereocenters. The highest BCUT2D eigenvalue weighted by Gasteiger charge is 2.06. The van der Waals surface area contributed by atoms with Gasteiger partial charge in [0, 0.05) is 49.3 Å². The number of hydrogen-bond donors (Lipinski definition) is 1. The first-order valence-corrected chi connectivity index (χ1v) is 8.73. The Morgan fingerprint density at radius 2 is 2.04 bits per heavy atom. The van der Waals surface area contributed by atoms with Gasteiger partial charge in [-0.25, -0.2) is 4.99 Å². The van der Waals surface area contributed by atoms with Crippen molar-refractivity contribution in [2.45, 2.75) is 33.6 Å². The summed E-state index contributed by atoms with van der Waals surface area (Å²) in [6.45, 7) is 6.03. The van der Waals surface area contributed by atoms with Crippen LogP contribution in [0.4, 0.5) is 5.69 Å². The number of amidine groups is 1.